The molecule has 0 aliphatic carbocycles. The summed E-state index contributed by atoms with van der Waals surface area (Å²) in [6.07, 6.45) is 3.13. The number of thioether (sulfide) groups is 1. The van der Waals surface area contributed by atoms with E-state index in [1.165, 1.54) is 0 Å². The first-order valence-corrected chi connectivity index (χ1v) is 8.09. The van der Waals surface area contributed by atoms with E-state index < -0.39 is 10.2 Å². The number of hydrogen-bond donors (Lipinski definition) is 3. The summed E-state index contributed by atoms with van der Waals surface area (Å²) in [5.41, 5.74) is 1.34. The summed E-state index contributed by atoms with van der Waals surface area (Å²) in [6.45, 7) is 0.861. The highest BCUT2D eigenvalue weighted by atomic mass is 32.2. The van der Waals surface area contributed by atoms with Crippen molar-refractivity contribution in [3.8, 4) is 0 Å². The lowest BCUT2D eigenvalue weighted by atomic mass is 10.3. The van der Waals surface area contributed by atoms with Crippen LogP contribution in [-0.2, 0) is 10.2 Å². The number of nitrogens with one attached hydrogen (secondary N) is 2. The first-order valence-electron chi connectivity index (χ1n) is 5.15. The molecule has 1 rings (SSSR count). The lowest BCUT2D eigenvalue weighted by molar-refractivity contribution is 0.603. The number of nitrogens with two attached hydrogens (primary N) is 1. The molecule has 0 bridgehead atoms. The first kappa shape index (κ1) is 14.1. The monoisotopic (exact) mass is 275 g/mol. The van der Waals surface area contributed by atoms with E-state index in [2.05, 4.69) is 16.3 Å². The van der Waals surface area contributed by atoms with Gasteiger partial charge in [0.2, 0.25) is 0 Å². The molecule has 0 heterocycles. The van der Waals surface area contributed by atoms with Gasteiger partial charge < -0.3 is 5.32 Å². The minimum Gasteiger partial charge on any atom is -0.385 e. The highest BCUT2D eigenvalue weighted by Crippen LogP contribution is 2.15. The predicted octanol–water partition coefficient (Wildman–Crippen LogP) is 1.47. The number of anilines is 2. The number of hydrogen-bond acceptors (Lipinski definition) is 4. The van der Waals surface area contributed by atoms with Crippen LogP contribution in [-0.4, -0.2) is 27.0 Å². The lowest BCUT2D eigenvalue weighted by Crippen LogP contribution is -2.21. The summed E-state index contributed by atoms with van der Waals surface area (Å²) in [5.74, 6) is 1.10. The standard InChI is InChI=1S/C10H17N3O2S2/c1-16-7-3-6-12-9-4-2-5-10(8-9)13-17(11,14)15/h2,4-5,8,12-13H,3,6-7H2,1H3,(H2,11,14,15). The number of benzene rings is 1. The lowest BCUT2D eigenvalue weighted by Gasteiger charge is -2.08. The van der Waals surface area contributed by atoms with Gasteiger partial charge in [-0.05, 0) is 36.6 Å². The van der Waals surface area contributed by atoms with Gasteiger partial charge in [-0.1, -0.05) is 6.07 Å². The smallest absolute Gasteiger partial charge is 0.296 e. The minimum absolute atomic E-state index is 0.461. The van der Waals surface area contributed by atoms with Crippen molar-refractivity contribution in [3.63, 3.8) is 0 Å². The minimum atomic E-state index is -3.70. The Hall–Kier alpha value is -0.920. The maximum Gasteiger partial charge on any atom is 0.296 e. The molecule has 0 aliphatic rings. The van der Waals surface area contributed by atoms with Gasteiger partial charge in [0.25, 0.3) is 10.2 Å². The Balaban J connectivity index is 2.54. The third-order valence-corrected chi connectivity index (χ3v) is 3.19. The van der Waals surface area contributed by atoms with Crippen LogP contribution in [0.1, 0.15) is 6.42 Å². The molecule has 0 saturated carbocycles. The van der Waals surface area contributed by atoms with Gasteiger partial charge in [0.15, 0.2) is 0 Å². The average Bonchev–Trinajstić information content (AvgIpc) is 2.23. The molecule has 0 saturated heterocycles. The molecule has 0 spiro atoms. The molecule has 1 aromatic rings. The highest BCUT2D eigenvalue weighted by Gasteiger charge is 2.02. The molecule has 0 aliphatic heterocycles. The predicted molar refractivity (Wildman–Crippen MR) is 74.7 cm³/mol. The highest BCUT2D eigenvalue weighted by molar-refractivity contribution is 7.98. The summed E-state index contributed by atoms with van der Waals surface area (Å²) < 4.78 is 23.9. The zero-order valence-electron chi connectivity index (χ0n) is 9.64. The van der Waals surface area contributed by atoms with Crippen molar-refractivity contribution in [2.45, 2.75) is 6.42 Å². The molecule has 0 unspecified atom stereocenters. The molecule has 0 amide bonds. The van der Waals surface area contributed by atoms with Crippen LogP contribution < -0.4 is 15.2 Å². The zero-order valence-corrected chi connectivity index (χ0v) is 11.3. The summed E-state index contributed by atoms with van der Waals surface area (Å²) in [6, 6.07) is 7.01. The molecule has 1 aromatic carbocycles. The van der Waals surface area contributed by atoms with Crippen molar-refractivity contribution in [2.24, 2.45) is 5.14 Å². The Morgan fingerprint density at radius 1 is 1.35 bits per heavy atom. The molecule has 0 aromatic heterocycles. The van der Waals surface area contributed by atoms with Crippen LogP contribution in [0.15, 0.2) is 24.3 Å². The molecule has 0 radical (unpaired) electrons. The molecular weight excluding hydrogens is 258 g/mol. The van der Waals surface area contributed by atoms with Crippen LogP contribution in [0, 0.1) is 0 Å². The number of rotatable bonds is 7. The van der Waals surface area contributed by atoms with Gasteiger partial charge in [-0.2, -0.15) is 20.2 Å². The molecule has 0 fully saturated rings. The van der Waals surface area contributed by atoms with E-state index >= 15 is 0 Å². The van der Waals surface area contributed by atoms with Gasteiger partial charge in [-0.15, -0.1) is 0 Å². The van der Waals surface area contributed by atoms with E-state index in [1.807, 2.05) is 6.07 Å². The summed E-state index contributed by atoms with van der Waals surface area (Å²) in [5, 5.41) is 8.11. The van der Waals surface area contributed by atoms with Crippen molar-refractivity contribution in [2.75, 3.05) is 28.6 Å². The quantitative estimate of drug-likeness (QED) is 0.658. The van der Waals surface area contributed by atoms with E-state index in [1.54, 1.807) is 30.0 Å². The fraction of sp³-hybridized carbons (Fsp3) is 0.400. The van der Waals surface area contributed by atoms with Crippen molar-refractivity contribution in [3.05, 3.63) is 24.3 Å². The van der Waals surface area contributed by atoms with Crippen molar-refractivity contribution in [1.29, 1.82) is 0 Å². The first-order chi connectivity index (χ1) is 8.01. The van der Waals surface area contributed by atoms with E-state index in [0.29, 0.717) is 5.69 Å². The second kappa shape index (κ2) is 6.73. The SMILES string of the molecule is CSCCCNc1cccc(NS(N)(=O)=O)c1. The Kier molecular flexibility index (Phi) is 5.60. The van der Waals surface area contributed by atoms with Crippen molar-refractivity contribution in [1.82, 2.24) is 0 Å². The normalized spacial score (nSPS) is 11.2. The fourth-order valence-electron chi connectivity index (χ4n) is 1.31. The third-order valence-electron chi connectivity index (χ3n) is 1.98. The van der Waals surface area contributed by atoms with E-state index in [4.69, 9.17) is 5.14 Å². The van der Waals surface area contributed by atoms with Gasteiger partial charge in [0.05, 0.1) is 5.69 Å². The van der Waals surface area contributed by atoms with Crippen LogP contribution >= 0.6 is 11.8 Å². The zero-order chi connectivity index (χ0) is 12.7. The third kappa shape index (κ3) is 6.40. The summed E-state index contributed by atoms with van der Waals surface area (Å²) in [4.78, 5) is 0. The Bertz CT molecular complexity index is 449. The van der Waals surface area contributed by atoms with Gasteiger partial charge >= 0.3 is 0 Å². The molecule has 96 valence electrons. The molecule has 7 heteroatoms. The summed E-state index contributed by atoms with van der Waals surface area (Å²) >= 11 is 1.80. The van der Waals surface area contributed by atoms with E-state index in [0.717, 1.165) is 24.4 Å². The fourth-order valence-corrected chi connectivity index (χ4v) is 2.19. The Labute approximate surface area is 106 Å². The second-order valence-corrected chi connectivity index (χ2v) is 5.78. The second-order valence-electron chi connectivity index (χ2n) is 3.50. The van der Waals surface area contributed by atoms with Gasteiger partial charge in [0.1, 0.15) is 0 Å². The van der Waals surface area contributed by atoms with E-state index in [-0.39, 0.29) is 0 Å². The summed E-state index contributed by atoms with van der Waals surface area (Å²) in [7, 11) is -3.70. The van der Waals surface area contributed by atoms with Crippen molar-refractivity contribution < 1.29 is 8.42 Å². The van der Waals surface area contributed by atoms with Gasteiger partial charge in [0, 0.05) is 12.2 Å². The van der Waals surface area contributed by atoms with Gasteiger partial charge in [-0.3, -0.25) is 4.72 Å². The average molecular weight is 275 g/mol. The topological polar surface area (TPSA) is 84.2 Å². The molecule has 0 atom stereocenters. The molecular formula is C10H17N3O2S2. The van der Waals surface area contributed by atoms with E-state index in [9.17, 15) is 8.42 Å². The van der Waals surface area contributed by atoms with Crippen LogP contribution in [0.4, 0.5) is 11.4 Å². The molecule has 17 heavy (non-hydrogen) atoms. The van der Waals surface area contributed by atoms with Crippen LogP contribution in [0.3, 0.4) is 0 Å². The Morgan fingerprint density at radius 3 is 2.71 bits per heavy atom. The van der Waals surface area contributed by atoms with Crippen LogP contribution in [0.25, 0.3) is 0 Å². The van der Waals surface area contributed by atoms with Crippen LogP contribution in [0.2, 0.25) is 0 Å². The van der Waals surface area contributed by atoms with Crippen molar-refractivity contribution >= 4 is 33.3 Å². The molecule has 4 N–H and O–H groups in total. The van der Waals surface area contributed by atoms with Crippen LogP contribution in [0.5, 0.6) is 0 Å². The maximum absolute atomic E-state index is 10.9. The van der Waals surface area contributed by atoms with Gasteiger partial charge in [-0.25, -0.2) is 5.14 Å². The Morgan fingerprint density at radius 2 is 2.06 bits per heavy atom. The largest absolute Gasteiger partial charge is 0.385 e. The molecule has 5 nitrogen and oxygen atoms in total. The maximum atomic E-state index is 10.9.